The van der Waals surface area contributed by atoms with Gasteiger partial charge in [-0.1, -0.05) is 49.6 Å². The maximum absolute atomic E-state index is 13.3. The SMILES string of the molecule is CC[C@@H](C(=O)NC1CCCC1)N(Cc1ccccc1Cl)C(=O)CCCOc1ccc(OC)cc1. The van der Waals surface area contributed by atoms with Crippen molar-refractivity contribution in [2.45, 2.75) is 70.5 Å². The molecule has 0 aliphatic heterocycles. The summed E-state index contributed by atoms with van der Waals surface area (Å²) in [5.41, 5.74) is 0.833. The van der Waals surface area contributed by atoms with Crippen LogP contribution in [0.3, 0.4) is 0 Å². The van der Waals surface area contributed by atoms with Gasteiger partial charge in [0.1, 0.15) is 17.5 Å². The van der Waals surface area contributed by atoms with Gasteiger partial charge in [-0.2, -0.15) is 0 Å². The van der Waals surface area contributed by atoms with Crippen molar-refractivity contribution < 1.29 is 19.1 Å². The summed E-state index contributed by atoms with van der Waals surface area (Å²) in [5, 5.41) is 3.75. The maximum atomic E-state index is 13.3. The summed E-state index contributed by atoms with van der Waals surface area (Å²) in [6.07, 6.45) is 5.65. The monoisotopic (exact) mass is 486 g/mol. The van der Waals surface area contributed by atoms with Crippen LogP contribution in [-0.4, -0.2) is 42.5 Å². The summed E-state index contributed by atoms with van der Waals surface area (Å²) in [6.45, 7) is 2.65. The average molecular weight is 487 g/mol. The highest BCUT2D eigenvalue weighted by atomic mass is 35.5. The zero-order valence-corrected chi connectivity index (χ0v) is 20.9. The predicted octanol–water partition coefficient (Wildman–Crippen LogP) is 5.37. The van der Waals surface area contributed by atoms with Gasteiger partial charge in [0.15, 0.2) is 0 Å². The molecule has 2 amide bonds. The van der Waals surface area contributed by atoms with Gasteiger partial charge < -0.3 is 19.7 Å². The van der Waals surface area contributed by atoms with E-state index in [1.807, 2.05) is 55.5 Å². The fourth-order valence-corrected chi connectivity index (χ4v) is 4.52. The summed E-state index contributed by atoms with van der Waals surface area (Å²) < 4.78 is 10.9. The number of rotatable bonds is 12. The molecule has 0 unspecified atom stereocenters. The number of nitrogens with one attached hydrogen (secondary N) is 1. The molecule has 0 bridgehead atoms. The number of benzene rings is 2. The maximum Gasteiger partial charge on any atom is 0.243 e. The van der Waals surface area contributed by atoms with Gasteiger partial charge >= 0.3 is 0 Å². The highest BCUT2D eigenvalue weighted by molar-refractivity contribution is 6.31. The number of nitrogens with zero attached hydrogens (tertiary/aromatic N) is 1. The molecule has 1 aliphatic rings. The van der Waals surface area contributed by atoms with Crippen LogP contribution in [0.4, 0.5) is 0 Å². The predicted molar refractivity (Wildman–Crippen MR) is 134 cm³/mol. The average Bonchev–Trinajstić information content (AvgIpc) is 3.36. The number of hydrogen-bond acceptors (Lipinski definition) is 4. The molecule has 1 N–H and O–H groups in total. The van der Waals surface area contributed by atoms with Crippen molar-refractivity contribution in [2.24, 2.45) is 0 Å². The molecule has 6 nitrogen and oxygen atoms in total. The Labute approximate surface area is 207 Å². The van der Waals surface area contributed by atoms with Crippen LogP contribution in [0.15, 0.2) is 48.5 Å². The van der Waals surface area contributed by atoms with Gasteiger partial charge in [0.05, 0.1) is 13.7 Å². The van der Waals surface area contributed by atoms with Crippen molar-refractivity contribution in [3.05, 3.63) is 59.1 Å². The first-order chi connectivity index (χ1) is 16.5. The molecule has 0 aromatic heterocycles. The van der Waals surface area contributed by atoms with Crippen molar-refractivity contribution in [2.75, 3.05) is 13.7 Å². The highest BCUT2D eigenvalue weighted by Crippen LogP contribution is 2.23. The van der Waals surface area contributed by atoms with Gasteiger partial charge in [0.2, 0.25) is 11.8 Å². The molecule has 0 heterocycles. The third kappa shape index (κ3) is 7.39. The number of hydrogen-bond donors (Lipinski definition) is 1. The quantitative estimate of drug-likeness (QED) is 0.409. The molecular formula is C27H35ClN2O4. The Morgan fingerprint density at radius 2 is 1.76 bits per heavy atom. The lowest BCUT2D eigenvalue weighted by Gasteiger charge is -2.32. The standard InChI is InChI=1S/C27H35ClN2O4/c1-3-25(27(32)29-21-10-5-6-11-21)30(19-20-9-4-7-12-24(20)28)26(31)13-8-18-34-23-16-14-22(33-2)15-17-23/h4,7,9,12,14-17,21,25H,3,5-6,8,10-11,13,18-19H2,1-2H3,(H,29,32)/t25-/m0/s1. The van der Waals surface area contributed by atoms with Crippen LogP contribution >= 0.6 is 11.6 Å². The summed E-state index contributed by atoms with van der Waals surface area (Å²) >= 11 is 6.39. The lowest BCUT2D eigenvalue weighted by atomic mass is 10.1. The molecule has 3 rings (SSSR count). The molecule has 1 fully saturated rings. The fourth-order valence-electron chi connectivity index (χ4n) is 4.33. The Kier molecular flexibility index (Phi) is 10.1. The normalized spacial score (nSPS) is 14.4. The summed E-state index contributed by atoms with van der Waals surface area (Å²) in [7, 11) is 1.62. The fraction of sp³-hybridized carbons (Fsp3) is 0.481. The third-order valence-electron chi connectivity index (χ3n) is 6.25. The largest absolute Gasteiger partial charge is 0.497 e. The zero-order valence-electron chi connectivity index (χ0n) is 20.1. The summed E-state index contributed by atoms with van der Waals surface area (Å²) in [4.78, 5) is 28.2. The van der Waals surface area contributed by atoms with E-state index in [0.29, 0.717) is 31.0 Å². The summed E-state index contributed by atoms with van der Waals surface area (Å²) in [5.74, 6) is 1.33. The first kappa shape index (κ1) is 25.9. The Balaban J connectivity index is 1.63. The molecule has 34 heavy (non-hydrogen) atoms. The van der Waals surface area contributed by atoms with Crippen LogP contribution in [0.2, 0.25) is 5.02 Å². The lowest BCUT2D eigenvalue weighted by Crippen LogP contribution is -2.51. The number of carbonyl (C=O) groups is 2. The molecule has 7 heteroatoms. The zero-order chi connectivity index (χ0) is 24.3. The van der Waals surface area contributed by atoms with E-state index in [2.05, 4.69) is 5.32 Å². The minimum Gasteiger partial charge on any atom is -0.497 e. The van der Waals surface area contributed by atoms with E-state index in [9.17, 15) is 9.59 Å². The van der Waals surface area contributed by atoms with Gasteiger partial charge in [-0.05, 0) is 61.6 Å². The number of methoxy groups -OCH3 is 1. The minimum absolute atomic E-state index is 0.0772. The lowest BCUT2D eigenvalue weighted by molar-refractivity contribution is -0.141. The molecule has 0 spiro atoms. The highest BCUT2D eigenvalue weighted by Gasteiger charge is 2.30. The molecule has 1 aliphatic carbocycles. The van der Waals surface area contributed by atoms with Gasteiger partial charge in [0.25, 0.3) is 0 Å². The second kappa shape index (κ2) is 13.2. The Bertz CT molecular complexity index is 928. The second-order valence-electron chi connectivity index (χ2n) is 8.65. The van der Waals surface area contributed by atoms with Gasteiger partial charge in [-0.15, -0.1) is 0 Å². The van der Waals surface area contributed by atoms with Crippen molar-refractivity contribution >= 4 is 23.4 Å². The van der Waals surface area contributed by atoms with Crippen LogP contribution in [0, 0.1) is 0 Å². The van der Waals surface area contributed by atoms with Crippen molar-refractivity contribution in [3.63, 3.8) is 0 Å². The number of amides is 2. The molecule has 0 radical (unpaired) electrons. The summed E-state index contributed by atoms with van der Waals surface area (Å²) in [6, 6.07) is 14.5. The first-order valence-electron chi connectivity index (χ1n) is 12.1. The molecule has 1 saturated carbocycles. The van der Waals surface area contributed by atoms with Crippen LogP contribution in [0.5, 0.6) is 11.5 Å². The van der Waals surface area contributed by atoms with Crippen LogP contribution in [-0.2, 0) is 16.1 Å². The van der Waals surface area contributed by atoms with E-state index in [0.717, 1.165) is 42.7 Å². The molecule has 0 saturated heterocycles. The Morgan fingerprint density at radius 1 is 1.09 bits per heavy atom. The number of carbonyl (C=O) groups excluding carboxylic acids is 2. The van der Waals surface area contributed by atoms with Crippen LogP contribution in [0.25, 0.3) is 0 Å². The number of ether oxygens (including phenoxy) is 2. The third-order valence-corrected chi connectivity index (χ3v) is 6.62. The van der Waals surface area contributed by atoms with E-state index in [1.165, 1.54) is 0 Å². The van der Waals surface area contributed by atoms with Crippen LogP contribution < -0.4 is 14.8 Å². The first-order valence-corrected chi connectivity index (χ1v) is 12.5. The van der Waals surface area contributed by atoms with Crippen molar-refractivity contribution in [1.82, 2.24) is 10.2 Å². The molecule has 1 atom stereocenters. The Hall–Kier alpha value is -2.73. The molecule has 2 aromatic rings. The molecular weight excluding hydrogens is 452 g/mol. The van der Waals surface area contributed by atoms with E-state index >= 15 is 0 Å². The van der Waals surface area contributed by atoms with Crippen molar-refractivity contribution in [1.29, 1.82) is 0 Å². The topological polar surface area (TPSA) is 67.9 Å². The minimum atomic E-state index is -0.535. The number of halogens is 1. The van der Waals surface area contributed by atoms with Crippen molar-refractivity contribution in [3.8, 4) is 11.5 Å². The van der Waals surface area contributed by atoms with Crippen LogP contribution in [0.1, 0.15) is 57.4 Å². The van der Waals surface area contributed by atoms with E-state index in [1.54, 1.807) is 12.0 Å². The van der Waals surface area contributed by atoms with E-state index < -0.39 is 6.04 Å². The van der Waals surface area contributed by atoms with Gasteiger partial charge in [0, 0.05) is 24.0 Å². The van der Waals surface area contributed by atoms with Gasteiger partial charge in [-0.25, -0.2) is 0 Å². The molecule has 184 valence electrons. The van der Waals surface area contributed by atoms with Gasteiger partial charge in [-0.3, -0.25) is 9.59 Å². The van der Waals surface area contributed by atoms with E-state index in [4.69, 9.17) is 21.1 Å². The smallest absolute Gasteiger partial charge is 0.243 e. The molecule has 2 aromatic carbocycles. The Morgan fingerprint density at radius 3 is 2.41 bits per heavy atom. The second-order valence-corrected chi connectivity index (χ2v) is 9.06. The van der Waals surface area contributed by atoms with E-state index in [-0.39, 0.29) is 24.3 Å².